The summed E-state index contributed by atoms with van der Waals surface area (Å²) in [6.07, 6.45) is 4.44. The van der Waals surface area contributed by atoms with Gasteiger partial charge in [0.2, 0.25) is 5.89 Å². The SMILES string of the molecule is Cc1cc(F)c(-c2oc(-c3cc(OC(F)F)ccn3)nc2-n2ccc(C3CC3)nc2=O)c(F)c1. The van der Waals surface area contributed by atoms with E-state index in [0.717, 1.165) is 35.6 Å². The number of benzene rings is 1. The summed E-state index contributed by atoms with van der Waals surface area (Å²) in [5.74, 6) is -2.74. The highest BCUT2D eigenvalue weighted by molar-refractivity contribution is 5.69. The average Bonchev–Trinajstić information content (AvgIpc) is 3.53. The summed E-state index contributed by atoms with van der Waals surface area (Å²) in [6.45, 7) is -1.55. The van der Waals surface area contributed by atoms with Gasteiger partial charge in [-0.15, -0.1) is 0 Å². The molecule has 0 amide bonds. The van der Waals surface area contributed by atoms with Gasteiger partial charge in [-0.05, 0) is 49.6 Å². The lowest BCUT2D eigenvalue weighted by Gasteiger charge is -2.07. The maximum Gasteiger partial charge on any atom is 0.387 e. The quantitative estimate of drug-likeness (QED) is 0.367. The lowest BCUT2D eigenvalue weighted by molar-refractivity contribution is -0.0498. The monoisotopic (exact) mass is 472 g/mol. The number of aryl methyl sites for hydroxylation is 1. The van der Waals surface area contributed by atoms with Crippen LogP contribution < -0.4 is 10.4 Å². The van der Waals surface area contributed by atoms with Crippen LogP contribution in [0.4, 0.5) is 17.6 Å². The van der Waals surface area contributed by atoms with Gasteiger partial charge in [0.15, 0.2) is 11.6 Å². The van der Waals surface area contributed by atoms with Crippen molar-refractivity contribution in [3.8, 4) is 34.5 Å². The molecule has 3 aromatic heterocycles. The molecule has 4 aromatic rings. The highest BCUT2D eigenvalue weighted by atomic mass is 19.3. The first kappa shape index (κ1) is 21.8. The molecule has 7 nitrogen and oxygen atoms in total. The van der Waals surface area contributed by atoms with Gasteiger partial charge in [-0.25, -0.2) is 18.1 Å². The third-order valence-corrected chi connectivity index (χ3v) is 5.25. The van der Waals surface area contributed by atoms with E-state index in [1.807, 2.05) is 0 Å². The normalized spacial score (nSPS) is 13.5. The summed E-state index contributed by atoms with van der Waals surface area (Å²) in [7, 11) is 0. The Balaban J connectivity index is 1.69. The van der Waals surface area contributed by atoms with Gasteiger partial charge >= 0.3 is 12.3 Å². The van der Waals surface area contributed by atoms with Gasteiger partial charge in [0, 0.05) is 24.4 Å². The minimum Gasteiger partial charge on any atom is -0.435 e. The topological polar surface area (TPSA) is 83.0 Å². The Morgan fingerprint density at radius 2 is 1.85 bits per heavy atom. The van der Waals surface area contributed by atoms with Gasteiger partial charge in [-0.3, -0.25) is 4.98 Å². The number of hydrogen-bond donors (Lipinski definition) is 0. The predicted molar refractivity (Wildman–Crippen MR) is 112 cm³/mol. The average molecular weight is 472 g/mol. The molecule has 3 heterocycles. The zero-order valence-electron chi connectivity index (χ0n) is 17.6. The van der Waals surface area contributed by atoms with Crippen LogP contribution in [0.1, 0.15) is 30.0 Å². The van der Waals surface area contributed by atoms with Crippen LogP contribution in [0.3, 0.4) is 0 Å². The van der Waals surface area contributed by atoms with Crippen LogP contribution in [0.5, 0.6) is 5.75 Å². The third kappa shape index (κ3) is 4.16. The van der Waals surface area contributed by atoms with Crippen LogP contribution in [-0.2, 0) is 0 Å². The number of ether oxygens (including phenoxy) is 1. The number of oxazole rings is 1. The summed E-state index contributed by atoms with van der Waals surface area (Å²) in [6, 6.07) is 6.18. The van der Waals surface area contributed by atoms with Gasteiger partial charge in [-0.1, -0.05) is 0 Å². The number of halogens is 4. The second-order valence-corrected chi connectivity index (χ2v) is 7.81. The molecule has 0 bridgehead atoms. The van der Waals surface area contributed by atoms with E-state index in [9.17, 15) is 22.4 Å². The Morgan fingerprint density at radius 3 is 2.50 bits per heavy atom. The molecule has 11 heteroatoms. The number of nitrogens with zero attached hydrogens (tertiary/aromatic N) is 4. The number of pyridine rings is 1. The van der Waals surface area contributed by atoms with E-state index in [1.54, 1.807) is 6.07 Å². The maximum absolute atomic E-state index is 14.8. The van der Waals surface area contributed by atoms with Gasteiger partial charge < -0.3 is 9.15 Å². The third-order valence-electron chi connectivity index (χ3n) is 5.25. The van der Waals surface area contributed by atoms with E-state index in [4.69, 9.17) is 4.42 Å². The Labute approximate surface area is 189 Å². The molecule has 0 radical (unpaired) electrons. The lowest BCUT2D eigenvalue weighted by Crippen LogP contribution is -2.22. The zero-order chi connectivity index (χ0) is 24.0. The first-order valence-corrected chi connectivity index (χ1v) is 10.3. The lowest BCUT2D eigenvalue weighted by atomic mass is 10.1. The van der Waals surface area contributed by atoms with Crippen LogP contribution in [0, 0.1) is 18.6 Å². The molecular weight excluding hydrogens is 456 g/mol. The smallest absolute Gasteiger partial charge is 0.387 e. The van der Waals surface area contributed by atoms with Crippen LogP contribution >= 0.6 is 0 Å². The fourth-order valence-corrected chi connectivity index (χ4v) is 3.55. The maximum atomic E-state index is 14.8. The van der Waals surface area contributed by atoms with Crippen LogP contribution in [0.15, 0.2) is 51.9 Å². The zero-order valence-corrected chi connectivity index (χ0v) is 17.6. The van der Waals surface area contributed by atoms with Gasteiger partial charge in [0.25, 0.3) is 0 Å². The van der Waals surface area contributed by atoms with Crippen LogP contribution in [0.25, 0.3) is 28.7 Å². The highest BCUT2D eigenvalue weighted by Gasteiger charge is 2.28. The minimum absolute atomic E-state index is 0.0470. The van der Waals surface area contributed by atoms with Gasteiger partial charge in [-0.2, -0.15) is 18.7 Å². The van der Waals surface area contributed by atoms with Crippen LogP contribution in [-0.4, -0.2) is 26.1 Å². The van der Waals surface area contributed by atoms with Crippen molar-refractivity contribution in [3.63, 3.8) is 0 Å². The number of aromatic nitrogens is 4. The number of rotatable bonds is 6. The Bertz CT molecular complexity index is 1420. The van der Waals surface area contributed by atoms with E-state index in [2.05, 4.69) is 19.7 Å². The molecule has 1 aromatic carbocycles. The van der Waals surface area contributed by atoms with Crippen molar-refractivity contribution in [2.45, 2.75) is 32.3 Å². The fraction of sp³-hybridized carbons (Fsp3) is 0.217. The molecule has 1 aliphatic rings. The number of alkyl halides is 2. The second kappa shape index (κ2) is 8.40. The van der Waals surface area contributed by atoms with Crippen molar-refractivity contribution in [1.29, 1.82) is 0 Å². The van der Waals surface area contributed by atoms with E-state index in [0.29, 0.717) is 11.3 Å². The molecule has 34 heavy (non-hydrogen) atoms. The van der Waals surface area contributed by atoms with Crippen LogP contribution in [0.2, 0.25) is 0 Å². The second-order valence-electron chi connectivity index (χ2n) is 7.81. The number of hydrogen-bond acceptors (Lipinski definition) is 6. The van der Waals surface area contributed by atoms with E-state index >= 15 is 0 Å². The molecule has 1 aliphatic carbocycles. The largest absolute Gasteiger partial charge is 0.435 e. The molecule has 0 N–H and O–H groups in total. The standard InChI is InChI=1S/C23H16F4N4O3/c1-11-8-14(24)18(15(25)9-11)19-20(31-7-5-16(12-2-3-12)29-23(31)32)30-21(34-19)17-10-13(4-6-28-17)33-22(26)27/h4-10,12,22H,2-3H2,1H3. The van der Waals surface area contributed by atoms with Crippen molar-refractivity contribution >= 4 is 0 Å². The molecular formula is C23H16F4N4O3. The van der Waals surface area contributed by atoms with E-state index in [-0.39, 0.29) is 34.8 Å². The van der Waals surface area contributed by atoms with E-state index in [1.165, 1.54) is 25.4 Å². The molecule has 0 unspecified atom stereocenters. The van der Waals surface area contributed by atoms with Gasteiger partial charge in [0.1, 0.15) is 23.1 Å². The van der Waals surface area contributed by atoms with Crippen molar-refractivity contribution < 1.29 is 26.7 Å². The molecule has 0 atom stereocenters. The minimum atomic E-state index is -3.07. The van der Waals surface area contributed by atoms with Crippen molar-refractivity contribution in [2.24, 2.45) is 0 Å². The molecule has 0 saturated heterocycles. The summed E-state index contributed by atoms with van der Waals surface area (Å²) < 4.78 is 65.9. The molecule has 1 fully saturated rings. The van der Waals surface area contributed by atoms with E-state index < -0.39 is 29.5 Å². The summed E-state index contributed by atoms with van der Waals surface area (Å²) in [4.78, 5) is 25.1. The Hall–Kier alpha value is -4.02. The van der Waals surface area contributed by atoms with Crippen molar-refractivity contribution in [3.05, 3.63) is 76.1 Å². The molecule has 174 valence electrons. The fourth-order valence-electron chi connectivity index (χ4n) is 3.55. The Morgan fingerprint density at radius 1 is 1.12 bits per heavy atom. The first-order valence-electron chi connectivity index (χ1n) is 10.3. The van der Waals surface area contributed by atoms with Gasteiger partial charge in [0.05, 0.1) is 11.3 Å². The molecule has 0 aliphatic heterocycles. The highest BCUT2D eigenvalue weighted by Crippen LogP contribution is 2.39. The van der Waals surface area contributed by atoms with Crippen molar-refractivity contribution in [1.82, 2.24) is 19.5 Å². The van der Waals surface area contributed by atoms with Crippen molar-refractivity contribution in [2.75, 3.05) is 0 Å². The first-order chi connectivity index (χ1) is 16.3. The molecule has 1 saturated carbocycles. The molecule has 0 spiro atoms. The summed E-state index contributed by atoms with van der Waals surface area (Å²) in [5.41, 5.74) is -0.336. The molecule has 5 rings (SSSR count). The summed E-state index contributed by atoms with van der Waals surface area (Å²) in [5, 5.41) is 0. The summed E-state index contributed by atoms with van der Waals surface area (Å²) >= 11 is 0. The predicted octanol–water partition coefficient (Wildman–Crippen LogP) is 5.01. The Kier molecular flexibility index (Phi) is 5.39.